The largest absolute Gasteiger partial charge is 0.309 e. The van der Waals surface area contributed by atoms with Gasteiger partial charge in [-0.15, -0.1) is 0 Å². The summed E-state index contributed by atoms with van der Waals surface area (Å²) in [6.07, 6.45) is 0.479. The van der Waals surface area contributed by atoms with Crippen molar-refractivity contribution in [2.45, 2.75) is 42.1 Å². The minimum Gasteiger partial charge on any atom is -0.309 e. The minimum absolute atomic E-state index is 0.0512. The van der Waals surface area contributed by atoms with E-state index in [-0.39, 0.29) is 38.4 Å². The molecule has 2 atom stereocenters. The van der Waals surface area contributed by atoms with E-state index in [4.69, 9.17) is 0 Å². The molecule has 0 unspecified atom stereocenters. The maximum atomic E-state index is 14.4. The molecule has 0 saturated heterocycles. The van der Waals surface area contributed by atoms with Crippen LogP contribution in [0.25, 0.3) is 0 Å². The highest BCUT2D eigenvalue weighted by Crippen LogP contribution is 2.43. The summed E-state index contributed by atoms with van der Waals surface area (Å²) >= 11 is 0. The molecule has 0 radical (unpaired) electrons. The molecule has 6 rings (SSSR count). The van der Waals surface area contributed by atoms with Gasteiger partial charge in [0.1, 0.15) is 0 Å². The van der Waals surface area contributed by atoms with E-state index >= 15 is 0 Å². The molecule has 0 saturated carbocycles. The van der Waals surface area contributed by atoms with E-state index in [1.165, 1.54) is 37.3 Å². The molecule has 0 spiro atoms. The first-order valence-electron chi connectivity index (χ1n) is 13.0. The number of rotatable bonds is 3. The highest BCUT2D eigenvalue weighted by Gasteiger charge is 2.39. The number of benzene rings is 4. The second kappa shape index (κ2) is 9.57. The van der Waals surface area contributed by atoms with Crippen LogP contribution in [0.15, 0.2) is 107 Å². The summed E-state index contributed by atoms with van der Waals surface area (Å²) in [4.78, 5) is 43.2. The highest BCUT2D eigenvalue weighted by molar-refractivity contribution is 7.91. The molecule has 7 nitrogen and oxygen atoms in total. The maximum Gasteiger partial charge on any atom is 0.258 e. The molecule has 0 aromatic heterocycles. The van der Waals surface area contributed by atoms with E-state index in [9.17, 15) is 22.8 Å². The summed E-state index contributed by atoms with van der Waals surface area (Å²) < 4.78 is 27.1. The van der Waals surface area contributed by atoms with Crippen molar-refractivity contribution in [1.29, 1.82) is 0 Å². The molecule has 4 aromatic rings. The summed E-state index contributed by atoms with van der Waals surface area (Å²) in [6.45, 7) is 3.48. The number of anilines is 2. The lowest BCUT2D eigenvalue weighted by atomic mass is 9.89. The van der Waals surface area contributed by atoms with Gasteiger partial charge in [-0.05, 0) is 67.4 Å². The lowest BCUT2D eigenvalue weighted by Gasteiger charge is -2.43. The number of hydrogen-bond acceptors (Lipinski definition) is 5. The van der Waals surface area contributed by atoms with Gasteiger partial charge >= 0.3 is 0 Å². The van der Waals surface area contributed by atoms with Crippen molar-refractivity contribution in [3.05, 3.63) is 119 Å². The minimum atomic E-state index is -4.02. The van der Waals surface area contributed by atoms with Gasteiger partial charge in [0.2, 0.25) is 15.7 Å². The van der Waals surface area contributed by atoms with Gasteiger partial charge in [0.05, 0.1) is 15.8 Å². The normalized spacial score (nSPS) is 18.8. The van der Waals surface area contributed by atoms with Gasteiger partial charge in [-0.25, -0.2) is 8.42 Å². The second-order valence-electron chi connectivity index (χ2n) is 10.1. The van der Waals surface area contributed by atoms with Crippen LogP contribution in [0.4, 0.5) is 11.4 Å². The van der Waals surface area contributed by atoms with Gasteiger partial charge in [-0.3, -0.25) is 14.4 Å². The molecule has 200 valence electrons. The first kappa shape index (κ1) is 25.7. The predicted molar refractivity (Wildman–Crippen MR) is 151 cm³/mol. The smallest absolute Gasteiger partial charge is 0.258 e. The van der Waals surface area contributed by atoms with E-state index in [2.05, 4.69) is 0 Å². The monoisotopic (exact) mass is 550 g/mol. The Morgan fingerprint density at radius 1 is 0.825 bits per heavy atom. The Labute approximate surface area is 232 Å². The van der Waals surface area contributed by atoms with E-state index < -0.39 is 27.6 Å². The first-order valence-corrected chi connectivity index (χ1v) is 14.5. The van der Waals surface area contributed by atoms with E-state index in [0.717, 1.165) is 11.3 Å². The Bertz CT molecular complexity index is 1800. The van der Waals surface area contributed by atoms with Gasteiger partial charge in [-0.1, -0.05) is 48.5 Å². The average molecular weight is 551 g/mol. The summed E-state index contributed by atoms with van der Waals surface area (Å²) in [7, 11) is -4.02. The van der Waals surface area contributed by atoms with Crippen LogP contribution in [0, 0.1) is 0 Å². The topological polar surface area (TPSA) is 91.8 Å². The Morgan fingerprint density at radius 2 is 1.48 bits per heavy atom. The molecular formula is C32H26N2O5S. The molecule has 8 heteroatoms. The van der Waals surface area contributed by atoms with Crippen LogP contribution in [0.5, 0.6) is 0 Å². The van der Waals surface area contributed by atoms with Crippen molar-refractivity contribution in [3.63, 3.8) is 0 Å². The zero-order valence-corrected chi connectivity index (χ0v) is 22.8. The van der Waals surface area contributed by atoms with Crippen LogP contribution in [-0.4, -0.2) is 32.1 Å². The van der Waals surface area contributed by atoms with Crippen LogP contribution in [0.2, 0.25) is 0 Å². The number of carbonyl (C=O) groups is 3. The van der Waals surface area contributed by atoms with Crippen LogP contribution in [0.3, 0.4) is 0 Å². The summed E-state index contributed by atoms with van der Waals surface area (Å²) in [5, 5.41) is 0. The van der Waals surface area contributed by atoms with Crippen LogP contribution in [0.1, 0.15) is 58.2 Å². The Balaban J connectivity index is 1.50. The predicted octanol–water partition coefficient (Wildman–Crippen LogP) is 5.60. The standard InChI is InChI=1S/C32H26N2O5S/c1-20-18-28(24-12-6-8-14-27(24)33(20)21(2)35)34(23-10-4-3-5-11-23)32(37)22-16-17-26-30(19-22)40(38,39)29-15-9-7-13-25(29)31(26)36/h3-17,19-20,28H,18H2,1-2H3/t20-,28-/m1/s1. The molecule has 0 fully saturated rings. The van der Waals surface area contributed by atoms with E-state index in [1.807, 2.05) is 61.5 Å². The quantitative estimate of drug-likeness (QED) is 0.292. The van der Waals surface area contributed by atoms with Crippen LogP contribution < -0.4 is 9.80 Å². The molecule has 2 aliphatic heterocycles. The zero-order chi connectivity index (χ0) is 28.2. The molecular weight excluding hydrogens is 524 g/mol. The first-order chi connectivity index (χ1) is 19.2. The molecule has 0 N–H and O–H groups in total. The number of sulfone groups is 1. The van der Waals surface area contributed by atoms with Gasteiger partial charge < -0.3 is 9.80 Å². The third-order valence-electron chi connectivity index (χ3n) is 7.65. The fraction of sp³-hybridized carbons (Fsp3) is 0.156. The van der Waals surface area contributed by atoms with Crippen molar-refractivity contribution in [2.75, 3.05) is 9.80 Å². The van der Waals surface area contributed by atoms with Crippen molar-refractivity contribution in [3.8, 4) is 0 Å². The zero-order valence-electron chi connectivity index (χ0n) is 21.9. The van der Waals surface area contributed by atoms with Crippen LogP contribution in [-0.2, 0) is 14.6 Å². The van der Waals surface area contributed by atoms with Crippen molar-refractivity contribution >= 4 is 38.8 Å². The molecule has 40 heavy (non-hydrogen) atoms. The molecule has 2 aliphatic rings. The average Bonchev–Trinajstić information content (AvgIpc) is 2.96. The number of para-hydroxylation sites is 2. The Kier molecular flexibility index (Phi) is 6.15. The maximum absolute atomic E-state index is 14.4. The lowest BCUT2D eigenvalue weighted by Crippen LogP contribution is -2.47. The Hall–Kier alpha value is -4.56. The van der Waals surface area contributed by atoms with E-state index in [0.29, 0.717) is 12.1 Å². The number of amides is 2. The third kappa shape index (κ3) is 3.95. The highest BCUT2D eigenvalue weighted by atomic mass is 32.2. The van der Waals surface area contributed by atoms with E-state index in [1.54, 1.807) is 21.9 Å². The van der Waals surface area contributed by atoms with Gasteiger partial charge in [-0.2, -0.15) is 0 Å². The number of nitrogens with zero attached hydrogens (tertiary/aromatic N) is 2. The van der Waals surface area contributed by atoms with Crippen molar-refractivity contribution < 1.29 is 22.8 Å². The van der Waals surface area contributed by atoms with Crippen LogP contribution >= 0.6 is 0 Å². The van der Waals surface area contributed by atoms with Crippen molar-refractivity contribution in [1.82, 2.24) is 0 Å². The summed E-state index contributed by atoms with van der Waals surface area (Å²) in [5.74, 6) is -0.877. The van der Waals surface area contributed by atoms with Gasteiger partial charge in [0.15, 0.2) is 5.78 Å². The third-order valence-corrected chi connectivity index (χ3v) is 9.50. The molecule has 0 bridgehead atoms. The number of hydrogen-bond donors (Lipinski definition) is 0. The second-order valence-corrected chi connectivity index (χ2v) is 12.0. The molecule has 2 amide bonds. The van der Waals surface area contributed by atoms with Gasteiger partial charge in [0.25, 0.3) is 5.91 Å². The number of fused-ring (bicyclic) bond motifs is 3. The fourth-order valence-corrected chi connectivity index (χ4v) is 7.57. The molecule has 0 aliphatic carbocycles. The van der Waals surface area contributed by atoms with Crippen molar-refractivity contribution in [2.24, 2.45) is 0 Å². The van der Waals surface area contributed by atoms with Gasteiger partial charge in [0, 0.05) is 41.0 Å². The SMILES string of the molecule is CC(=O)N1c2ccccc2[C@H](N(C(=O)c2ccc3c(c2)S(=O)(=O)c2ccccc2C3=O)c2ccccc2)C[C@H]1C. The number of ketones is 1. The summed E-state index contributed by atoms with van der Waals surface area (Å²) in [6, 6.07) is 26.5. The molecule has 4 aromatic carbocycles. The Morgan fingerprint density at radius 3 is 2.23 bits per heavy atom. The lowest BCUT2D eigenvalue weighted by molar-refractivity contribution is -0.117. The molecule has 2 heterocycles. The fourth-order valence-electron chi connectivity index (χ4n) is 5.89. The number of carbonyl (C=O) groups excluding carboxylic acids is 3. The summed E-state index contributed by atoms with van der Waals surface area (Å²) in [5.41, 5.74) is 2.53.